The standard InChI is InChI=1S/C5H13NO2.C2H7N/c1-6(2-4-7)3-5-8;1-2-3/h7-8H,2-5H2,1H3;2-3H2,1H3. The molecular weight excluding hydrogens is 144 g/mol. The van der Waals surface area contributed by atoms with Crippen molar-refractivity contribution in [2.75, 3.05) is 39.9 Å². The van der Waals surface area contributed by atoms with Gasteiger partial charge in [-0.25, -0.2) is 0 Å². The number of hydrogen-bond acceptors (Lipinski definition) is 4. The molecule has 0 unspecified atom stereocenters. The molecular formula is C7H20N2O2. The van der Waals surface area contributed by atoms with Crippen LogP contribution in [0.15, 0.2) is 0 Å². The highest BCUT2D eigenvalue weighted by Crippen LogP contribution is 1.76. The Morgan fingerprint density at radius 3 is 1.64 bits per heavy atom. The van der Waals surface area contributed by atoms with Crippen LogP contribution in [0.1, 0.15) is 6.92 Å². The van der Waals surface area contributed by atoms with E-state index in [1.807, 2.05) is 18.9 Å². The van der Waals surface area contributed by atoms with E-state index in [1.54, 1.807) is 0 Å². The van der Waals surface area contributed by atoms with Gasteiger partial charge < -0.3 is 20.8 Å². The fourth-order valence-electron chi connectivity index (χ4n) is 0.453. The summed E-state index contributed by atoms with van der Waals surface area (Å²) in [6.07, 6.45) is 0. The summed E-state index contributed by atoms with van der Waals surface area (Å²) in [4.78, 5) is 1.86. The highest BCUT2D eigenvalue weighted by atomic mass is 16.3. The lowest BCUT2D eigenvalue weighted by Gasteiger charge is -2.11. The van der Waals surface area contributed by atoms with Crippen molar-refractivity contribution in [3.05, 3.63) is 0 Å². The van der Waals surface area contributed by atoms with E-state index in [1.165, 1.54) is 0 Å². The average Bonchev–Trinajstić information content (AvgIpc) is 1.90. The Kier molecular flexibility index (Phi) is 15.3. The van der Waals surface area contributed by atoms with Crippen LogP contribution in [0.4, 0.5) is 0 Å². The highest BCUT2D eigenvalue weighted by molar-refractivity contribution is 4.45. The molecule has 0 rings (SSSR count). The normalized spacial score (nSPS) is 9.27. The molecule has 0 aliphatic carbocycles. The van der Waals surface area contributed by atoms with Crippen LogP contribution in [-0.2, 0) is 0 Å². The summed E-state index contributed by atoms with van der Waals surface area (Å²) in [5.74, 6) is 0. The van der Waals surface area contributed by atoms with Gasteiger partial charge in [0.25, 0.3) is 0 Å². The van der Waals surface area contributed by atoms with Crippen LogP contribution >= 0.6 is 0 Å². The van der Waals surface area contributed by atoms with Crippen molar-refractivity contribution in [3.63, 3.8) is 0 Å². The van der Waals surface area contributed by atoms with E-state index < -0.39 is 0 Å². The van der Waals surface area contributed by atoms with Crippen LogP contribution in [0, 0.1) is 0 Å². The molecule has 0 spiro atoms. The minimum absolute atomic E-state index is 0.163. The highest BCUT2D eigenvalue weighted by Gasteiger charge is 1.91. The van der Waals surface area contributed by atoms with E-state index in [-0.39, 0.29) is 13.2 Å². The molecule has 4 N–H and O–H groups in total. The molecule has 0 saturated heterocycles. The zero-order valence-corrected chi connectivity index (χ0v) is 7.45. The first kappa shape index (κ1) is 13.4. The zero-order chi connectivity index (χ0) is 9.11. The molecule has 0 atom stereocenters. The van der Waals surface area contributed by atoms with E-state index in [0.717, 1.165) is 6.54 Å². The number of rotatable bonds is 4. The summed E-state index contributed by atoms with van der Waals surface area (Å²) in [7, 11) is 1.85. The summed E-state index contributed by atoms with van der Waals surface area (Å²) in [5, 5.41) is 16.7. The third-order valence-electron chi connectivity index (χ3n) is 0.963. The van der Waals surface area contributed by atoms with E-state index in [9.17, 15) is 0 Å². The lowest BCUT2D eigenvalue weighted by atomic mass is 10.5. The molecule has 4 nitrogen and oxygen atoms in total. The number of nitrogens with two attached hydrogens (primary N) is 1. The minimum Gasteiger partial charge on any atom is -0.395 e. The number of nitrogens with zero attached hydrogens (tertiary/aromatic N) is 1. The molecule has 11 heavy (non-hydrogen) atoms. The number of likely N-dealkylation sites (N-methyl/N-ethyl adjacent to an activating group) is 1. The molecule has 0 bridgehead atoms. The molecule has 0 aromatic heterocycles. The zero-order valence-electron chi connectivity index (χ0n) is 7.45. The van der Waals surface area contributed by atoms with E-state index >= 15 is 0 Å². The van der Waals surface area contributed by atoms with E-state index in [0.29, 0.717) is 13.1 Å². The summed E-state index contributed by atoms with van der Waals surface area (Å²) in [6, 6.07) is 0. The lowest BCUT2D eigenvalue weighted by molar-refractivity contribution is 0.184. The van der Waals surface area contributed by atoms with Gasteiger partial charge in [0, 0.05) is 13.1 Å². The molecule has 0 amide bonds. The fraction of sp³-hybridized carbons (Fsp3) is 1.00. The minimum atomic E-state index is 0.163. The van der Waals surface area contributed by atoms with Gasteiger partial charge in [0.2, 0.25) is 0 Å². The Morgan fingerprint density at radius 2 is 1.45 bits per heavy atom. The van der Waals surface area contributed by atoms with E-state index in [4.69, 9.17) is 15.9 Å². The van der Waals surface area contributed by atoms with Crippen LogP contribution in [0.25, 0.3) is 0 Å². The van der Waals surface area contributed by atoms with Crippen LogP contribution in [0.2, 0.25) is 0 Å². The second-order valence-electron chi connectivity index (χ2n) is 2.16. The first-order valence-electron chi connectivity index (χ1n) is 3.83. The summed E-state index contributed by atoms with van der Waals surface area (Å²) >= 11 is 0. The Balaban J connectivity index is 0. The quantitative estimate of drug-likeness (QED) is 0.491. The SMILES string of the molecule is CCN.CN(CCO)CCO. The van der Waals surface area contributed by atoms with Crippen molar-refractivity contribution < 1.29 is 10.2 Å². The lowest BCUT2D eigenvalue weighted by Crippen LogP contribution is -2.25. The first-order valence-corrected chi connectivity index (χ1v) is 3.83. The van der Waals surface area contributed by atoms with Gasteiger partial charge in [-0.15, -0.1) is 0 Å². The van der Waals surface area contributed by atoms with Gasteiger partial charge in [0.05, 0.1) is 13.2 Å². The van der Waals surface area contributed by atoms with Crippen molar-refractivity contribution >= 4 is 0 Å². The van der Waals surface area contributed by atoms with Gasteiger partial charge in [-0.05, 0) is 13.6 Å². The molecule has 0 aliphatic heterocycles. The Bertz CT molecular complexity index is 56.4. The second-order valence-corrected chi connectivity index (χ2v) is 2.16. The molecule has 0 aromatic rings. The fourth-order valence-corrected chi connectivity index (χ4v) is 0.453. The molecule has 0 aliphatic rings. The van der Waals surface area contributed by atoms with Crippen LogP contribution < -0.4 is 5.73 Å². The van der Waals surface area contributed by atoms with Gasteiger partial charge in [-0.3, -0.25) is 0 Å². The van der Waals surface area contributed by atoms with Gasteiger partial charge >= 0.3 is 0 Å². The predicted molar refractivity (Wildman–Crippen MR) is 46.4 cm³/mol. The Morgan fingerprint density at radius 1 is 1.18 bits per heavy atom. The molecule has 0 radical (unpaired) electrons. The van der Waals surface area contributed by atoms with Crippen molar-refractivity contribution in [1.29, 1.82) is 0 Å². The second kappa shape index (κ2) is 12.5. The smallest absolute Gasteiger partial charge is 0.0558 e. The van der Waals surface area contributed by atoms with Gasteiger partial charge in [0.15, 0.2) is 0 Å². The molecule has 70 valence electrons. The van der Waals surface area contributed by atoms with Gasteiger partial charge in [0.1, 0.15) is 0 Å². The van der Waals surface area contributed by atoms with Crippen LogP contribution in [0.3, 0.4) is 0 Å². The summed E-state index contributed by atoms with van der Waals surface area (Å²) in [5.41, 5.74) is 4.85. The predicted octanol–water partition coefficient (Wildman–Crippen LogP) is -1.13. The summed E-state index contributed by atoms with van der Waals surface area (Å²) in [6.45, 7) is 4.26. The Labute approximate surface area is 68.6 Å². The maximum absolute atomic E-state index is 8.34. The molecule has 0 aromatic carbocycles. The Hall–Kier alpha value is -0.160. The topological polar surface area (TPSA) is 69.7 Å². The van der Waals surface area contributed by atoms with Crippen molar-refractivity contribution in [2.45, 2.75) is 6.92 Å². The third kappa shape index (κ3) is 17.7. The monoisotopic (exact) mass is 164 g/mol. The van der Waals surface area contributed by atoms with Gasteiger partial charge in [-0.2, -0.15) is 0 Å². The number of aliphatic hydroxyl groups is 2. The van der Waals surface area contributed by atoms with E-state index in [2.05, 4.69) is 0 Å². The van der Waals surface area contributed by atoms with Gasteiger partial charge in [-0.1, -0.05) is 6.92 Å². The largest absolute Gasteiger partial charge is 0.395 e. The maximum Gasteiger partial charge on any atom is 0.0558 e. The molecule has 0 heterocycles. The first-order chi connectivity index (χ1) is 5.22. The number of aliphatic hydroxyl groups excluding tert-OH is 2. The van der Waals surface area contributed by atoms with Crippen molar-refractivity contribution in [3.8, 4) is 0 Å². The third-order valence-corrected chi connectivity index (χ3v) is 0.963. The summed E-state index contributed by atoms with van der Waals surface area (Å²) < 4.78 is 0. The molecule has 0 fully saturated rings. The average molecular weight is 164 g/mol. The maximum atomic E-state index is 8.34. The van der Waals surface area contributed by atoms with Crippen LogP contribution in [-0.4, -0.2) is 55.0 Å². The van der Waals surface area contributed by atoms with Crippen molar-refractivity contribution in [1.82, 2.24) is 4.90 Å². The molecule has 0 saturated carbocycles. The molecule has 4 heteroatoms. The number of hydrogen-bond donors (Lipinski definition) is 3. The van der Waals surface area contributed by atoms with Crippen LogP contribution in [0.5, 0.6) is 0 Å². The van der Waals surface area contributed by atoms with Crippen molar-refractivity contribution in [2.24, 2.45) is 5.73 Å².